The van der Waals surface area contributed by atoms with Crippen LogP contribution in [0.15, 0.2) is 30.3 Å². The highest BCUT2D eigenvalue weighted by Crippen LogP contribution is 2.08. The number of nitrogens with one attached hydrogen (secondary N) is 3. The van der Waals surface area contributed by atoms with Gasteiger partial charge in [0.1, 0.15) is 32.6 Å². The standard InChI is InChI=1S/C25H35N5O7.2CH2O/c26-10-12-28-24(36)18-30(13-5-15-32)25(37)17-23(35)29-20(16-19-6-2-1-3-7-19)21(33)8-9-22(34)27-11-4-14-31;2*1-2/h1-3,6-7,14-15,20H,4-5,8-13,16-18,26H2,(H,27,34)(H,28,36)(H,29,35);2*1H2. The van der Waals surface area contributed by atoms with Gasteiger partial charge in [-0.25, -0.2) is 0 Å². The SMILES string of the molecule is C=O.C=O.NCCNC(=O)CN(CCC=O)C(=O)CC(=O)NC(Cc1ccccc1)C(=O)CCC(=O)NCCC=O. The molecular formula is C27H39N5O9. The van der Waals surface area contributed by atoms with Crippen LogP contribution >= 0.6 is 0 Å². The Balaban J connectivity index is 0. The van der Waals surface area contributed by atoms with Crippen molar-refractivity contribution < 1.29 is 43.2 Å². The summed E-state index contributed by atoms with van der Waals surface area (Å²) in [5.74, 6) is -2.67. The maximum absolute atomic E-state index is 12.9. The van der Waals surface area contributed by atoms with Crippen LogP contribution in [0.25, 0.3) is 0 Å². The molecule has 1 atom stereocenters. The Morgan fingerprint density at radius 2 is 1.44 bits per heavy atom. The second kappa shape index (κ2) is 25.7. The van der Waals surface area contributed by atoms with E-state index in [1.165, 1.54) is 0 Å². The Bertz CT molecular complexity index is 958. The largest absolute Gasteiger partial charge is 0.356 e. The van der Waals surface area contributed by atoms with Gasteiger partial charge in [0.25, 0.3) is 0 Å². The number of hydrogen-bond acceptors (Lipinski definition) is 10. The smallest absolute Gasteiger partial charge is 0.239 e. The van der Waals surface area contributed by atoms with Crippen LogP contribution in [0, 0.1) is 0 Å². The summed E-state index contributed by atoms with van der Waals surface area (Å²) >= 11 is 0. The van der Waals surface area contributed by atoms with Crippen LogP contribution < -0.4 is 21.7 Å². The second-order valence-electron chi connectivity index (χ2n) is 8.17. The molecule has 0 bridgehead atoms. The van der Waals surface area contributed by atoms with Gasteiger partial charge in [-0.2, -0.15) is 0 Å². The third-order valence-corrected chi connectivity index (χ3v) is 5.17. The van der Waals surface area contributed by atoms with Gasteiger partial charge in [-0.15, -0.1) is 0 Å². The summed E-state index contributed by atoms with van der Waals surface area (Å²) in [6.45, 7) is 4.22. The van der Waals surface area contributed by atoms with Crippen LogP contribution in [0.4, 0.5) is 0 Å². The van der Waals surface area contributed by atoms with E-state index in [0.29, 0.717) is 12.6 Å². The van der Waals surface area contributed by atoms with Crippen LogP contribution in [-0.4, -0.2) is 99.2 Å². The maximum Gasteiger partial charge on any atom is 0.239 e. The van der Waals surface area contributed by atoms with Crippen molar-refractivity contribution >= 4 is 55.6 Å². The van der Waals surface area contributed by atoms with Gasteiger partial charge < -0.3 is 45.8 Å². The molecule has 1 aromatic rings. The first kappa shape index (κ1) is 38.6. The van der Waals surface area contributed by atoms with Gasteiger partial charge in [0.05, 0.1) is 12.6 Å². The van der Waals surface area contributed by atoms with Crippen LogP contribution in [0.1, 0.15) is 37.7 Å². The van der Waals surface area contributed by atoms with Crippen molar-refractivity contribution in [3.63, 3.8) is 0 Å². The Labute approximate surface area is 238 Å². The minimum absolute atomic E-state index is 0.0123. The monoisotopic (exact) mass is 577 g/mol. The molecule has 5 N–H and O–H groups in total. The zero-order chi connectivity index (χ0) is 31.5. The van der Waals surface area contributed by atoms with Crippen molar-refractivity contribution in [1.82, 2.24) is 20.9 Å². The summed E-state index contributed by atoms with van der Waals surface area (Å²) in [6.07, 6.45) is 0.685. The van der Waals surface area contributed by atoms with E-state index in [2.05, 4.69) is 16.0 Å². The zero-order valence-electron chi connectivity index (χ0n) is 23.0. The fourth-order valence-corrected chi connectivity index (χ4v) is 3.30. The number of benzene rings is 1. The molecule has 0 radical (unpaired) electrons. The maximum atomic E-state index is 12.9. The van der Waals surface area contributed by atoms with Gasteiger partial charge >= 0.3 is 0 Å². The molecule has 41 heavy (non-hydrogen) atoms. The van der Waals surface area contributed by atoms with E-state index in [1.807, 2.05) is 13.6 Å². The van der Waals surface area contributed by atoms with E-state index in [1.54, 1.807) is 30.3 Å². The molecule has 0 fully saturated rings. The molecule has 0 saturated heterocycles. The van der Waals surface area contributed by atoms with Gasteiger partial charge in [-0.3, -0.25) is 24.0 Å². The normalized spacial score (nSPS) is 10.2. The van der Waals surface area contributed by atoms with E-state index in [-0.39, 0.29) is 64.8 Å². The van der Waals surface area contributed by atoms with E-state index in [4.69, 9.17) is 15.3 Å². The summed E-state index contributed by atoms with van der Waals surface area (Å²) in [7, 11) is 0. The number of carbonyl (C=O) groups excluding carboxylic acids is 9. The fourth-order valence-electron chi connectivity index (χ4n) is 3.30. The predicted molar refractivity (Wildman–Crippen MR) is 148 cm³/mol. The number of nitrogens with two attached hydrogens (primary N) is 1. The number of rotatable bonds is 19. The fraction of sp³-hybridized carbons (Fsp3) is 0.444. The highest BCUT2D eigenvalue weighted by Gasteiger charge is 2.25. The van der Waals surface area contributed by atoms with E-state index in [0.717, 1.165) is 10.5 Å². The Kier molecular flexibility index (Phi) is 24.1. The predicted octanol–water partition coefficient (Wildman–Crippen LogP) is -1.72. The first-order valence-corrected chi connectivity index (χ1v) is 12.6. The lowest BCUT2D eigenvalue weighted by molar-refractivity contribution is -0.140. The van der Waals surface area contributed by atoms with E-state index < -0.39 is 41.9 Å². The number of ketones is 1. The molecule has 0 heterocycles. The van der Waals surface area contributed by atoms with Gasteiger partial charge in [0.15, 0.2) is 5.78 Å². The van der Waals surface area contributed by atoms with Crippen molar-refractivity contribution in [2.75, 3.05) is 32.7 Å². The molecule has 1 unspecified atom stereocenters. The minimum Gasteiger partial charge on any atom is -0.356 e. The molecule has 0 saturated carbocycles. The van der Waals surface area contributed by atoms with Crippen LogP contribution in [0.3, 0.4) is 0 Å². The number of nitrogens with zero attached hydrogens (tertiary/aromatic N) is 1. The molecule has 14 nitrogen and oxygen atoms in total. The number of carbonyl (C=O) groups is 9. The molecule has 1 rings (SSSR count). The first-order chi connectivity index (χ1) is 19.8. The lowest BCUT2D eigenvalue weighted by Gasteiger charge is -2.22. The number of aldehydes is 2. The molecule has 0 aliphatic rings. The Morgan fingerprint density at radius 3 is 2.02 bits per heavy atom. The molecule has 0 aliphatic carbocycles. The van der Waals surface area contributed by atoms with Crippen molar-refractivity contribution in [1.29, 1.82) is 0 Å². The van der Waals surface area contributed by atoms with Crippen LogP contribution in [0.2, 0.25) is 0 Å². The first-order valence-electron chi connectivity index (χ1n) is 12.6. The Hall–Kier alpha value is -4.59. The summed E-state index contributed by atoms with van der Waals surface area (Å²) < 4.78 is 0. The molecule has 1 aromatic carbocycles. The third kappa shape index (κ3) is 19.2. The molecular weight excluding hydrogens is 538 g/mol. The minimum atomic E-state index is -0.984. The summed E-state index contributed by atoms with van der Waals surface area (Å²) in [4.78, 5) is 100. The zero-order valence-corrected chi connectivity index (χ0v) is 23.0. The molecule has 0 spiro atoms. The number of amides is 4. The molecule has 0 aliphatic heterocycles. The second-order valence-corrected chi connectivity index (χ2v) is 8.17. The average Bonchev–Trinajstić information content (AvgIpc) is 2.99. The summed E-state index contributed by atoms with van der Waals surface area (Å²) in [5, 5.41) is 7.62. The van der Waals surface area contributed by atoms with Crippen LogP contribution in [0.5, 0.6) is 0 Å². The van der Waals surface area contributed by atoms with Crippen molar-refractivity contribution in [3.05, 3.63) is 35.9 Å². The van der Waals surface area contributed by atoms with Crippen LogP contribution in [-0.2, 0) is 49.6 Å². The quantitative estimate of drug-likeness (QED) is 0.0828. The molecule has 0 aromatic heterocycles. The number of hydrogen-bond donors (Lipinski definition) is 4. The van der Waals surface area contributed by atoms with Crippen molar-refractivity contribution in [2.45, 2.75) is 44.6 Å². The Morgan fingerprint density at radius 1 is 0.829 bits per heavy atom. The van der Waals surface area contributed by atoms with E-state index >= 15 is 0 Å². The summed E-state index contributed by atoms with van der Waals surface area (Å²) in [5.41, 5.74) is 6.12. The lowest BCUT2D eigenvalue weighted by atomic mass is 9.99. The molecule has 14 heteroatoms. The van der Waals surface area contributed by atoms with Gasteiger partial charge in [-0.05, 0) is 12.0 Å². The lowest BCUT2D eigenvalue weighted by Crippen LogP contribution is -2.46. The van der Waals surface area contributed by atoms with Crippen molar-refractivity contribution in [2.24, 2.45) is 5.73 Å². The number of Topliss-reactive ketones (excluding diaryl/α,β-unsaturated/α-hetero) is 1. The van der Waals surface area contributed by atoms with E-state index in [9.17, 15) is 33.6 Å². The van der Waals surface area contributed by atoms with Gasteiger partial charge in [-0.1, -0.05) is 30.3 Å². The van der Waals surface area contributed by atoms with Crippen molar-refractivity contribution in [3.8, 4) is 0 Å². The highest BCUT2D eigenvalue weighted by molar-refractivity contribution is 6.00. The molecule has 226 valence electrons. The molecule has 4 amide bonds. The van der Waals surface area contributed by atoms with Gasteiger partial charge in [0, 0.05) is 51.9 Å². The van der Waals surface area contributed by atoms with Gasteiger partial charge in [0.2, 0.25) is 23.6 Å². The average molecular weight is 578 g/mol. The summed E-state index contributed by atoms with van der Waals surface area (Å²) in [6, 6.07) is 7.95. The topological polar surface area (TPSA) is 219 Å². The third-order valence-electron chi connectivity index (χ3n) is 5.17. The highest BCUT2D eigenvalue weighted by atomic mass is 16.2.